The van der Waals surface area contributed by atoms with Crippen LogP contribution in [0, 0.1) is 41.4 Å². The second-order valence-electron chi connectivity index (χ2n) is 16.5. The highest BCUT2D eigenvalue weighted by atomic mass is 16.5. The minimum Gasteiger partial charge on any atom is -0.374 e. The second kappa shape index (κ2) is 11.8. The first-order valence-corrected chi connectivity index (χ1v) is 18.8. The Hall–Kier alpha value is -0.120. The van der Waals surface area contributed by atoms with Gasteiger partial charge in [0.25, 0.3) is 0 Å². The summed E-state index contributed by atoms with van der Waals surface area (Å²) in [5.41, 5.74) is 0. The van der Waals surface area contributed by atoms with Crippen LogP contribution in [0.3, 0.4) is 0 Å². The number of ether oxygens (including phenoxy) is 2. The zero-order chi connectivity index (χ0) is 26.6. The molecule has 0 radical (unpaired) electrons. The molecule has 8 fully saturated rings. The highest BCUT2D eigenvalue weighted by Gasteiger charge is 2.60. The van der Waals surface area contributed by atoms with E-state index in [1.165, 1.54) is 141 Å². The molecule has 9 unspecified atom stereocenters. The number of fused-ring (bicyclic) bond motifs is 7. The molecule has 2 aliphatic heterocycles. The number of hydrogen-bond acceptors (Lipinski definition) is 3. The van der Waals surface area contributed by atoms with Gasteiger partial charge >= 0.3 is 0 Å². The molecule has 0 aromatic heterocycles. The lowest BCUT2D eigenvalue weighted by Gasteiger charge is -2.51. The predicted octanol–water partition coefficient (Wildman–Crippen LogP) is 8.93. The van der Waals surface area contributed by atoms with E-state index in [2.05, 4.69) is 11.8 Å². The van der Waals surface area contributed by atoms with Crippen molar-refractivity contribution in [1.29, 1.82) is 0 Å². The molecule has 0 amide bonds. The second-order valence-corrected chi connectivity index (χ2v) is 16.5. The molecule has 9 atom stereocenters. The van der Waals surface area contributed by atoms with E-state index in [-0.39, 0.29) is 0 Å². The average Bonchev–Trinajstić information content (AvgIpc) is 3.57. The van der Waals surface area contributed by atoms with Crippen LogP contribution in [0.25, 0.3) is 0 Å². The minimum atomic E-state index is 0.514. The van der Waals surface area contributed by atoms with Crippen LogP contribution >= 0.6 is 0 Å². The Labute approximate surface area is 246 Å². The average molecular weight is 552 g/mol. The standard InChI is InChI=1S/C37H61NO2/c1-24-14-16-25(17-15-24)26-18-20-28(21-19-26)38(27-8-3-2-4-9-27)32-12-7-11-29-30-22-23-34-35(37(30)40-36(29)32)31-10-5-6-13-33(31)39-34/h24-37H,2-23H2,1H3. The van der Waals surface area contributed by atoms with Gasteiger partial charge in [-0.3, -0.25) is 4.90 Å². The molecular weight excluding hydrogens is 490 g/mol. The molecular formula is C37H61NO2. The van der Waals surface area contributed by atoms with Crippen molar-refractivity contribution in [3.8, 4) is 0 Å². The highest BCUT2D eigenvalue weighted by molar-refractivity contribution is 5.09. The molecule has 2 saturated heterocycles. The first kappa shape index (κ1) is 27.4. The van der Waals surface area contributed by atoms with Crippen molar-refractivity contribution in [1.82, 2.24) is 4.90 Å². The summed E-state index contributed by atoms with van der Waals surface area (Å²) in [5.74, 6) is 6.24. The van der Waals surface area contributed by atoms with E-state index in [1.807, 2.05) is 0 Å². The normalized spacial score (nSPS) is 51.6. The molecule has 0 spiro atoms. The van der Waals surface area contributed by atoms with Crippen molar-refractivity contribution in [2.75, 3.05) is 0 Å². The van der Waals surface area contributed by atoms with E-state index in [1.54, 1.807) is 0 Å². The Morgan fingerprint density at radius 1 is 0.450 bits per heavy atom. The Balaban J connectivity index is 1.01. The maximum Gasteiger partial charge on any atom is 0.0766 e. The Morgan fingerprint density at radius 2 is 1.10 bits per heavy atom. The van der Waals surface area contributed by atoms with Gasteiger partial charge in [0.15, 0.2) is 0 Å². The van der Waals surface area contributed by atoms with Gasteiger partial charge in [0.1, 0.15) is 0 Å². The summed E-state index contributed by atoms with van der Waals surface area (Å²) >= 11 is 0. The molecule has 0 N–H and O–H groups in total. The summed E-state index contributed by atoms with van der Waals surface area (Å²) in [6.07, 6.45) is 34.1. The van der Waals surface area contributed by atoms with Crippen LogP contribution in [0.2, 0.25) is 0 Å². The molecule has 40 heavy (non-hydrogen) atoms. The van der Waals surface area contributed by atoms with E-state index < -0.39 is 0 Å². The molecule has 6 saturated carbocycles. The number of hydrogen-bond donors (Lipinski definition) is 0. The summed E-state index contributed by atoms with van der Waals surface area (Å²) in [4.78, 5) is 3.22. The van der Waals surface area contributed by atoms with Gasteiger partial charge in [0.05, 0.1) is 24.4 Å². The summed E-state index contributed by atoms with van der Waals surface area (Å²) in [5, 5.41) is 0. The summed E-state index contributed by atoms with van der Waals surface area (Å²) in [6, 6.07) is 2.38. The van der Waals surface area contributed by atoms with Gasteiger partial charge in [-0.1, -0.05) is 58.3 Å². The monoisotopic (exact) mass is 551 g/mol. The third kappa shape index (κ3) is 4.96. The molecule has 0 aromatic rings. The topological polar surface area (TPSA) is 21.7 Å². The lowest BCUT2D eigenvalue weighted by atomic mass is 9.64. The van der Waals surface area contributed by atoms with Crippen LogP contribution in [0.5, 0.6) is 0 Å². The van der Waals surface area contributed by atoms with E-state index in [9.17, 15) is 0 Å². The van der Waals surface area contributed by atoms with E-state index >= 15 is 0 Å². The zero-order valence-corrected chi connectivity index (χ0v) is 25.9. The molecule has 3 nitrogen and oxygen atoms in total. The van der Waals surface area contributed by atoms with Crippen molar-refractivity contribution < 1.29 is 9.47 Å². The lowest BCUT2D eigenvalue weighted by Crippen LogP contribution is -2.57. The van der Waals surface area contributed by atoms with Crippen LogP contribution in [-0.4, -0.2) is 47.4 Å². The van der Waals surface area contributed by atoms with Crippen molar-refractivity contribution in [2.45, 2.75) is 191 Å². The van der Waals surface area contributed by atoms with Crippen LogP contribution in [0.1, 0.15) is 148 Å². The van der Waals surface area contributed by atoms with Gasteiger partial charge in [-0.2, -0.15) is 0 Å². The molecule has 2 heterocycles. The summed E-state index contributed by atoms with van der Waals surface area (Å²) < 4.78 is 14.3. The third-order valence-electron chi connectivity index (χ3n) is 14.6. The molecule has 0 aromatic carbocycles. The highest BCUT2D eigenvalue weighted by Crippen LogP contribution is 2.57. The summed E-state index contributed by atoms with van der Waals surface area (Å²) in [6.45, 7) is 2.49. The number of rotatable bonds is 4. The quantitative estimate of drug-likeness (QED) is 0.348. The predicted molar refractivity (Wildman–Crippen MR) is 162 cm³/mol. The van der Waals surface area contributed by atoms with E-state index in [0.717, 1.165) is 47.6 Å². The molecule has 6 aliphatic carbocycles. The minimum absolute atomic E-state index is 0.514. The van der Waals surface area contributed by atoms with Gasteiger partial charge in [0.2, 0.25) is 0 Å². The molecule has 226 valence electrons. The van der Waals surface area contributed by atoms with Gasteiger partial charge in [-0.15, -0.1) is 0 Å². The van der Waals surface area contributed by atoms with Crippen LogP contribution < -0.4 is 0 Å². The van der Waals surface area contributed by atoms with Crippen LogP contribution in [0.15, 0.2) is 0 Å². The smallest absolute Gasteiger partial charge is 0.0766 e. The van der Waals surface area contributed by atoms with Gasteiger partial charge in [0, 0.05) is 24.0 Å². The van der Waals surface area contributed by atoms with Gasteiger partial charge in [-0.25, -0.2) is 0 Å². The SMILES string of the molecule is CC1CCC(C2CCC(N(C3CCCCC3)C3CCCC4C5CCC6OC7CCCCC7C6C5OC43)CC2)CC1. The fourth-order valence-corrected chi connectivity index (χ4v) is 12.7. The fourth-order valence-electron chi connectivity index (χ4n) is 12.7. The van der Waals surface area contributed by atoms with Crippen LogP contribution in [0.4, 0.5) is 0 Å². The van der Waals surface area contributed by atoms with Crippen LogP contribution in [-0.2, 0) is 9.47 Å². The Kier molecular flexibility index (Phi) is 8.06. The van der Waals surface area contributed by atoms with Crippen molar-refractivity contribution in [2.24, 2.45) is 41.4 Å². The maximum atomic E-state index is 7.51. The van der Waals surface area contributed by atoms with E-state index in [4.69, 9.17) is 9.47 Å². The fraction of sp³-hybridized carbons (Fsp3) is 1.00. The number of nitrogens with zero attached hydrogens (tertiary/aromatic N) is 1. The Morgan fingerprint density at radius 3 is 1.90 bits per heavy atom. The van der Waals surface area contributed by atoms with Crippen molar-refractivity contribution >= 4 is 0 Å². The lowest BCUT2D eigenvalue weighted by molar-refractivity contribution is -0.103. The van der Waals surface area contributed by atoms with Gasteiger partial charge < -0.3 is 9.47 Å². The Bertz CT molecular complexity index is 839. The molecule has 0 bridgehead atoms. The molecule has 8 rings (SSSR count). The molecule has 3 heteroatoms. The maximum absolute atomic E-state index is 7.51. The first-order valence-electron chi connectivity index (χ1n) is 18.8. The third-order valence-corrected chi connectivity index (χ3v) is 14.6. The molecule has 8 aliphatic rings. The first-order chi connectivity index (χ1) is 19.7. The van der Waals surface area contributed by atoms with Crippen molar-refractivity contribution in [3.63, 3.8) is 0 Å². The largest absolute Gasteiger partial charge is 0.374 e. The summed E-state index contributed by atoms with van der Waals surface area (Å²) in [7, 11) is 0. The van der Waals surface area contributed by atoms with Gasteiger partial charge in [-0.05, 0) is 125 Å². The van der Waals surface area contributed by atoms with E-state index in [0.29, 0.717) is 36.4 Å². The van der Waals surface area contributed by atoms with Crippen molar-refractivity contribution in [3.05, 3.63) is 0 Å². The zero-order valence-electron chi connectivity index (χ0n) is 25.9.